The van der Waals surface area contributed by atoms with Crippen molar-refractivity contribution in [2.75, 3.05) is 11.5 Å². The van der Waals surface area contributed by atoms with Gasteiger partial charge in [-0.1, -0.05) is 13.8 Å². The lowest BCUT2D eigenvalue weighted by Crippen LogP contribution is -2.26. The van der Waals surface area contributed by atoms with Gasteiger partial charge in [0.15, 0.2) is 0 Å². The predicted molar refractivity (Wildman–Crippen MR) is 60.5 cm³/mol. The predicted octanol–water partition coefficient (Wildman–Crippen LogP) is 2.11. The van der Waals surface area contributed by atoms with E-state index in [1.807, 2.05) is 25.6 Å². The molecule has 0 aliphatic carbocycles. The van der Waals surface area contributed by atoms with Crippen molar-refractivity contribution >= 4 is 17.5 Å². The number of aliphatic hydroxyl groups excluding tert-OH is 1. The fourth-order valence-electron chi connectivity index (χ4n) is 2.04. The Morgan fingerprint density at radius 1 is 1.57 bits per heavy atom. The molecule has 1 fully saturated rings. The molecule has 0 aromatic carbocycles. The Hall–Kier alpha value is -0.0200. The summed E-state index contributed by atoms with van der Waals surface area (Å²) in [6.45, 7) is 3.93. The first kappa shape index (κ1) is 12.1. The third-order valence-corrected chi connectivity index (χ3v) is 4.18. The molecule has 14 heavy (non-hydrogen) atoms. The van der Waals surface area contributed by atoms with Gasteiger partial charge in [0.25, 0.3) is 0 Å². The summed E-state index contributed by atoms with van der Waals surface area (Å²) in [5, 5.41) is 9.48. The molecule has 1 saturated heterocycles. The van der Waals surface area contributed by atoms with Crippen LogP contribution >= 0.6 is 11.8 Å². The Balaban J connectivity index is 2.32. The molecule has 0 radical (unpaired) electrons. The quantitative estimate of drug-likeness (QED) is 0.782. The minimum absolute atomic E-state index is 0.150. The lowest BCUT2D eigenvalue weighted by molar-refractivity contribution is -0.122. The van der Waals surface area contributed by atoms with E-state index in [9.17, 15) is 9.90 Å². The Morgan fingerprint density at radius 2 is 2.29 bits per heavy atom. The SMILES string of the molecule is CCC(=O)[C@H](C)C[C@@H]1CSC[C@@H](O)C1. The second-order valence-electron chi connectivity index (χ2n) is 4.25. The van der Waals surface area contributed by atoms with Gasteiger partial charge in [0.1, 0.15) is 5.78 Å². The summed E-state index contributed by atoms with van der Waals surface area (Å²) in [6, 6.07) is 0. The van der Waals surface area contributed by atoms with Crippen molar-refractivity contribution in [3.8, 4) is 0 Å². The molecule has 3 heteroatoms. The molecule has 0 unspecified atom stereocenters. The van der Waals surface area contributed by atoms with Crippen molar-refractivity contribution in [2.45, 2.75) is 39.2 Å². The number of aliphatic hydroxyl groups is 1. The van der Waals surface area contributed by atoms with Crippen LogP contribution in [0.25, 0.3) is 0 Å². The Kier molecular flexibility index (Phi) is 4.96. The van der Waals surface area contributed by atoms with E-state index in [0.717, 1.165) is 24.3 Å². The summed E-state index contributed by atoms with van der Waals surface area (Å²) in [7, 11) is 0. The lowest BCUT2D eigenvalue weighted by Gasteiger charge is -2.27. The molecule has 0 amide bonds. The van der Waals surface area contributed by atoms with Gasteiger partial charge in [-0.15, -0.1) is 0 Å². The highest BCUT2D eigenvalue weighted by molar-refractivity contribution is 7.99. The van der Waals surface area contributed by atoms with E-state index < -0.39 is 0 Å². The number of hydrogen-bond donors (Lipinski definition) is 1. The summed E-state index contributed by atoms with van der Waals surface area (Å²) in [5.74, 6) is 3.05. The first-order chi connectivity index (χ1) is 6.63. The maximum absolute atomic E-state index is 11.4. The van der Waals surface area contributed by atoms with E-state index >= 15 is 0 Å². The molecule has 0 aromatic heterocycles. The van der Waals surface area contributed by atoms with Gasteiger partial charge < -0.3 is 5.11 Å². The van der Waals surface area contributed by atoms with Crippen LogP contribution in [0.4, 0.5) is 0 Å². The van der Waals surface area contributed by atoms with Gasteiger partial charge >= 0.3 is 0 Å². The van der Waals surface area contributed by atoms with Crippen LogP contribution in [0.3, 0.4) is 0 Å². The number of Topliss-reactive ketones (excluding diaryl/α,β-unsaturated/α-hetero) is 1. The van der Waals surface area contributed by atoms with Gasteiger partial charge in [0.2, 0.25) is 0 Å². The largest absolute Gasteiger partial charge is 0.392 e. The molecule has 1 heterocycles. The van der Waals surface area contributed by atoms with Gasteiger partial charge in [-0.2, -0.15) is 11.8 Å². The molecule has 1 aliphatic heterocycles. The van der Waals surface area contributed by atoms with Crippen molar-refractivity contribution in [1.29, 1.82) is 0 Å². The fourth-order valence-corrected chi connectivity index (χ4v) is 3.19. The van der Waals surface area contributed by atoms with Crippen LogP contribution < -0.4 is 0 Å². The van der Waals surface area contributed by atoms with E-state index in [0.29, 0.717) is 18.1 Å². The first-order valence-electron chi connectivity index (χ1n) is 5.42. The molecule has 1 aliphatic rings. The minimum atomic E-state index is -0.150. The van der Waals surface area contributed by atoms with Crippen molar-refractivity contribution in [3.63, 3.8) is 0 Å². The zero-order valence-electron chi connectivity index (χ0n) is 9.03. The maximum Gasteiger partial charge on any atom is 0.135 e. The molecule has 0 bridgehead atoms. The normalized spacial score (nSPS) is 29.9. The monoisotopic (exact) mass is 216 g/mol. The molecule has 0 saturated carbocycles. The van der Waals surface area contributed by atoms with E-state index in [1.165, 1.54) is 0 Å². The zero-order valence-corrected chi connectivity index (χ0v) is 9.85. The Morgan fingerprint density at radius 3 is 2.86 bits per heavy atom. The van der Waals surface area contributed by atoms with E-state index in [1.54, 1.807) is 0 Å². The molecule has 3 atom stereocenters. The fraction of sp³-hybridized carbons (Fsp3) is 0.909. The molecule has 1 rings (SSSR count). The highest BCUT2D eigenvalue weighted by Gasteiger charge is 2.24. The lowest BCUT2D eigenvalue weighted by atomic mass is 9.89. The van der Waals surface area contributed by atoms with Crippen LogP contribution in [0.1, 0.15) is 33.1 Å². The number of carbonyl (C=O) groups is 1. The molecular weight excluding hydrogens is 196 g/mol. The average molecular weight is 216 g/mol. The molecule has 0 spiro atoms. The number of hydrogen-bond acceptors (Lipinski definition) is 3. The zero-order chi connectivity index (χ0) is 10.6. The van der Waals surface area contributed by atoms with Crippen LogP contribution in [-0.2, 0) is 4.79 Å². The van der Waals surface area contributed by atoms with Gasteiger partial charge in [-0.05, 0) is 24.5 Å². The molecule has 1 N–H and O–H groups in total. The van der Waals surface area contributed by atoms with Crippen LogP contribution in [0, 0.1) is 11.8 Å². The molecule has 2 nitrogen and oxygen atoms in total. The minimum Gasteiger partial charge on any atom is -0.392 e. The van der Waals surface area contributed by atoms with Crippen molar-refractivity contribution in [3.05, 3.63) is 0 Å². The van der Waals surface area contributed by atoms with Gasteiger partial charge in [0.05, 0.1) is 6.10 Å². The maximum atomic E-state index is 11.4. The van der Waals surface area contributed by atoms with Gasteiger partial charge in [-0.3, -0.25) is 4.79 Å². The third-order valence-electron chi connectivity index (χ3n) is 2.85. The second-order valence-corrected chi connectivity index (χ2v) is 5.32. The molecule has 0 aromatic rings. The number of carbonyl (C=O) groups excluding carboxylic acids is 1. The van der Waals surface area contributed by atoms with Crippen molar-refractivity contribution in [1.82, 2.24) is 0 Å². The van der Waals surface area contributed by atoms with Gasteiger partial charge in [-0.25, -0.2) is 0 Å². The standard InChI is InChI=1S/C11H20O2S/c1-3-11(13)8(2)4-9-5-10(12)7-14-6-9/h8-10,12H,3-7H2,1-2H3/t8-,9+,10+/m1/s1. The summed E-state index contributed by atoms with van der Waals surface area (Å²) < 4.78 is 0. The summed E-state index contributed by atoms with van der Waals surface area (Å²) >= 11 is 1.81. The highest BCUT2D eigenvalue weighted by Crippen LogP contribution is 2.28. The van der Waals surface area contributed by atoms with E-state index in [2.05, 4.69) is 0 Å². The summed E-state index contributed by atoms with van der Waals surface area (Å²) in [4.78, 5) is 11.4. The smallest absolute Gasteiger partial charge is 0.135 e. The number of thioether (sulfide) groups is 1. The summed E-state index contributed by atoms with van der Waals surface area (Å²) in [5.41, 5.74) is 0. The average Bonchev–Trinajstić information content (AvgIpc) is 2.16. The van der Waals surface area contributed by atoms with Gasteiger partial charge in [0, 0.05) is 18.1 Å². The molecule has 82 valence electrons. The second kappa shape index (κ2) is 5.76. The third kappa shape index (κ3) is 3.62. The van der Waals surface area contributed by atoms with Crippen LogP contribution in [-0.4, -0.2) is 28.5 Å². The topological polar surface area (TPSA) is 37.3 Å². The van der Waals surface area contributed by atoms with E-state index in [4.69, 9.17) is 0 Å². The van der Waals surface area contributed by atoms with Crippen LogP contribution in [0.15, 0.2) is 0 Å². The number of rotatable bonds is 4. The van der Waals surface area contributed by atoms with Crippen LogP contribution in [0.5, 0.6) is 0 Å². The van der Waals surface area contributed by atoms with Crippen molar-refractivity contribution in [2.24, 2.45) is 11.8 Å². The highest BCUT2D eigenvalue weighted by atomic mass is 32.2. The Bertz CT molecular complexity index is 194. The van der Waals surface area contributed by atoms with Crippen LogP contribution in [0.2, 0.25) is 0 Å². The first-order valence-corrected chi connectivity index (χ1v) is 6.57. The molecular formula is C11H20O2S. The Labute approximate surface area is 90.5 Å². The van der Waals surface area contributed by atoms with E-state index in [-0.39, 0.29) is 12.0 Å². The van der Waals surface area contributed by atoms with Crippen molar-refractivity contribution < 1.29 is 9.90 Å². The number of ketones is 1. The summed E-state index contributed by atoms with van der Waals surface area (Å²) in [6.07, 6.45) is 2.33.